The number of carbonyl (C=O) groups is 2. The van der Waals surface area contributed by atoms with Gasteiger partial charge in [-0.05, 0) is 35.9 Å². The lowest BCUT2D eigenvalue weighted by Gasteiger charge is -2.27. The number of carbonyl (C=O) groups excluding carboxylic acids is 2. The molecule has 1 heterocycles. The lowest BCUT2D eigenvalue weighted by Crippen LogP contribution is -2.40. The highest BCUT2D eigenvalue weighted by atomic mass is 16.5. The Labute approximate surface area is 164 Å². The van der Waals surface area contributed by atoms with Crippen LogP contribution in [0, 0.1) is 0 Å². The summed E-state index contributed by atoms with van der Waals surface area (Å²) in [5, 5.41) is 5.93. The van der Waals surface area contributed by atoms with E-state index in [2.05, 4.69) is 10.6 Å². The summed E-state index contributed by atoms with van der Waals surface area (Å²) in [6, 6.07) is 14.7. The molecule has 0 aliphatic carbocycles. The number of nitrogens with zero attached hydrogens (tertiary/aromatic N) is 1. The van der Waals surface area contributed by atoms with Crippen LogP contribution in [0.3, 0.4) is 0 Å². The number of anilines is 1. The zero-order valence-electron chi connectivity index (χ0n) is 15.9. The minimum Gasteiger partial charge on any atom is -0.497 e. The maximum atomic E-state index is 12.5. The van der Waals surface area contributed by atoms with Crippen molar-refractivity contribution in [3.05, 3.63) is 59.7 Å². The van der Waals surface area contributed by atoms with Crippen LogP contribution in [-0.4, -0.2) is 56.7 Å². The van der Waals surface area contributed by atoms with Crippen molar-refractivity contribution in [2.75, 3.05) is 45.3 Å². The number of ether oxygens (including phenoxy) is 2. The predicted molar refractivity (Wildman–Crippen MR) is 106 cm³/mol. The molecule has 2 N–H and O–H groups in total. The SMILES string of the molecule is COc1ccc(CNC(=O)CNc2cccc(C(=O)N3CCOCC3)c2)cc1. The standard InChI is InChI=1S/C21H25N3O4/c1-27-19-7-5-16(6-8-19)14-23-20(25)15-22-18-4-2-3-17(13-18)21(26)24-9-11-28-12-10-24/h2-8,13,22H,9-12,14-15H2,1H3,(H,23,25). The van der Waals surface area contributed by atoms with E-state index in [0.717, 1.165) is 17.0 Å². The van der Waals surface area contributed by atoms with E-state index in [1.807, 2.05) is 36.4 Å². The lowest BCUT2D eigenvalue weighted by molar-refractivity contribution is -0.119. The third-order valence-electron chi connectivity index (χ3n) is 4.51. The molecular formula is C21H25N3O4. The summed E-state index contributed by atoms with van der Waals surface area (Å²) in [5.41, 5.74) is 2.33. The molecule has 0 radical (unpaired) electrons. The molecule has 1 fully saturated rings. The van der Waals surface area contributed by atoms with Gasteiger partial charge in [-0.15, -0.1) is 0 Å². The molecule has 7 heteroatoms. The molecule has 0 unspecified atom stereocenters. The molecule has 28 heavy (non-hydrogen) atoms. The van der Waals surface area contributed by atoms with Gasteiger partial charge >= 0.3 is 0 Å². The van der Waals surface area contributed by atoms with Gasteiger partial charge in [0, 0.05) is 30.9 Å². The summed E-state index contributed by atoms with van der Waals surface area (Å²) >= 11 is 0. The summed E-state index contributed by atoms with van der Waals surface area (Å²) < 4.78 is 10.4. The van der Waals surface area contributed by atoms with Gasteiger partial charge in [0.2, 0.25) is 5.91 Å². The molecule has 2 amide bonds. The van der Waals surface area contributed by atoms with Crippen LogP contribution in [0.15, 0.2) is 48.5 Å². The molecule has 148 valence electrons. The molecule has 0 atom stereocenters. The Morgan fingerprint density at radius 1 is 1.11 bits per heavy atom. The molecule has 0 saturated carbocycles. The summed E-state index contributed by atoms with van der Waals surface area (Å²) in [6.45, 7) is 2.91. The molecule has 1 saturated heterocycles. The van der Waals surface area contributed by atoms with Crippen LogP contribution in [0.4, 0.5) is 5.69 Å². The highest BCUT2D eigenvalue weighted by Crippen LogP contribution is 2.14. The maximum Gasteiger partial charge on any atom is 0.254 e. The van der Waals surface area contributed by atoms with Gasteiger partial charge in [-0.25, -0.2) is 0 Å². The number of methoxy groups -OCH3 is 1. The van der Waals surface area contributed by atoms with E-state index in [9.17, 15) is 9.59 Å². The summed E-state index contributed by atoms with van der Waals surface area (Å²) in [7, 11) is 1.62. The van der Waals surface area contributed by atoms with Crippen molar-refractivity contribution in [2.24, 2.45) is 0 Å². The average molecular weight is 383 g/mol. The topological polar surface area (TPSA) is 79.9 Å². The van der Waals surface area contributed by atoms with Gasteiger partial charge in [0.25, 0.3) is 5.91 Å². The Kier molecular flexibility index (Phi) is 6.86. The summed E-state index contributed by atoms with van der Waals surface area (Å²) in [6.07, 6.45) is 0. The normalized spacial score (nSPS) is 13.7. The van der Waals surface area contributed by atoms with Crippen LogP contribution in [0.25, 0.3) is 0 Å². The average Bonchev–Trinajstić information content (AvgIpc) is 2.77. The highest BCUT2D eigenvalue weighted by molar-refractivity contribution is 5.95. The van der Waals surface area contributed by atoms with E-state index in [1.54, 1.807) is 24.1 Å². The second kappa shape index (κ2) is 9.75. The zero-order valence-corrected chi connectivity index (χ0v) is 15.9. The molecule has 1 aliphatic rings. The zero-order chi connectivity index (χ0) is 19.8. The third-order valence-corrected chi connectivity index (χ3v) is 4.51. The number of rotatable bonds is 7. The fourth-order valence-electron chi connectivity index (χ4n) is 2.90. The Hall–Kier alpha value is -3.06. The molecule has 0 bridgehead atoms. The van der Waals surface area contributed by atoms with E-state index in [-0.39, 0.29) is 18.4 Å². The van der Waals surface area contributed by atoms with Crippen molar-refractivity contribution in [1.29, 1.82) is 0 Å². The second-order valence-electron chi connectivity index (χ2n) is 6.46. The van der Waals surface area contributed by atoms with Gasteiger partial charge in [-0.1, -0.05) is 18.2 Å². The molecular weight excluding hydrogens is 358 g/mol. The van der Waals surface area contributed by atoms with Crippen molar-refractivity contribution in [3.63, 3.8) is 0 Å². The Bertz CT molecular complexity index is 802. The number of hydrogen-bond donors (Lipinski definition) is 2. The van der Waals surface area contributed by atoms with Gasteiger partial charge in [0.05, 0.1) is 26.9 Å². The summed E-state index contributed by atoms with van der Waals surface area (Å²) in [5.74, 6) is 0.639. The number of nitrogens with one attached hydrogen (secondary N) is 2. The van der Waals surface area contributed by atoms with E-state index in [4.69, 9.17) is 9.47 Å². The molecule has 2 aromatic carbocycles. The Balaban J connectivity index is 1.48. The first-order chi connectivity index (χ1) is 13.7. The van der Waals surface area contributed by atoms with Crippen LogP contribution in [0.1, 0.15) is 15.9 Å². The largest absolute Gasteiger partial charge is 0.497 e. The van der Waals surface area contributed by atoms with Crippen molar-refractivity contribution in [1.82, 2.24) is 10.2 Å². The highest BCUT2D eigenvalue weighted by Gasteiger charge is 2.18. The maximum absolute atomic E-state index is 12.5. The fourth-order valence-corrected chi connectivity index (χ4v) is 2.90. The van der Waals surface area contributed by atoms with Crippen molar-refractivity contribution in [3.8, 4) is 5.75 Å². The molecule has 0 aromatic heterocycles. The minimum absolute atomic E-state index is 0.0177. The Morgan fingerprint density at radius 2 is 1.86 bits per heavy atom. The van der Waals surface area contributed by atoms with Gasteiger partial charge in [0.1, 0.15) is 5.75 Å². The van der Waals surface area contributed by atoms with Crippen LogP contribution in [0.5, 0.6) is 5.75 Å². The van der Waals surface area contributed by atoms with Crippen molar-refractivity contribution in [2.45, 2.75) is 6.54 Å². The smallest absolute Gasteiger partial charge is 0.254 e. The first kappa shape index (κ1) is 19.7. The van der Waals surface area contributed by atoms with Crippen molar-refractivity contribution < 1.29 is 19.1 Å². The van der Waals surface area contributed by atoms with Crippen molar-refractivity contribution >= 4 is 17.5 Å². The first-order valence-corrected chi connectivity index (χ1v) is 9.26. The second-order valence-corrected chi connectivity index (χ2v) is 6.46. The van der Waals surface area contributed by atoms with Crippen LogP contribution in [0.2, 0.25) is 0 Å². The number of benzene rings is 2. The molecule has 2 aromatic rings. The number of amides is 2. The van der Waals surface area contributed by atoms with E-state index < -0.39 is 0 Å². The molecule has 1 aliphatic heterocycles. The third kappa shape index (κ3) is 5.47. The van der Waals surface area contributed by atoms with E-state index in [1.165, 1.54) is 0 Å². The monoisotopic (exact) mass is 383 g/mol. The quantitative estimate of drug-likeness (QED) is 0.763. The van der Waals surface area contributed by atoms with Crippen LogP contribution >= 0.6 is 0 Å². The predicted octanol–water partition coefficient (Wildman–Crippen LogP) is 1.90. The van der Waals surface area contributed by atoms with Crippen LogP contribution < -0.4 is 15.4 Å². The van der Waals surface area contributed by atoms with Crippen LogP contribution in [-0.2, 0) is 16.1 Å². The van der Waals surface area contributed by atoms with Gasteiger partial charge in [-0.2, -0.15) is 0 Å². The number of hydrogen-bond acceptors (Lipinski definition) is 5. The molecule has 7 nitrogen and oxygen atoms in total. The van der Waals surface area contributed by atoms with Gasteiger partial charge < -0.3 is 25.0 Å². The number of morpholine rings is 1. The van der Waals surface area contributed by atoms with E-state index >= 15 is 0 Å². The molecule has 3 rings (SSSR count). The van der Waals surface area contributed by atoms with Gasteiger partial charge in [0.15, 0.2) is 0 Å². The first-order valence-electron chi connectivity index (χ1n) is 9.26. The Morgan fingerprint density at radius 3 is 2.57 bits per heavy atom. The molecule has 0 spiro atoms. The summed E-state index contributed by atoms with van der Waals surface area (Å²) in [4.78, 5) is 26.4. The minimum atomic E-state index is -0.124. The van der Waals surface area contributed by atoms with E-state index in [0.29, 0.717) is 38.4 Å². The van der Waals surface area contributed by atoms with Gasteiger partial charge in [-0.3, -0.25) is 9.59 Å². The lowest BCUT2D eigenvalue weighted by atomic mass is 10.1. The fraction of sp³-hybridized carbons (Fsp3) is 0.333.